The topological polar surface area (TPSA) is 12.5 Å². The number of nitrogens with zero attached hydrogens (tertiary/aromatic N) is 1. The summed E-state index contributed by atoms with van der Waals surface area (Å²) in [5, 5.41) is 1.43. The number of para-hydroxylation sites is 1. The van der Waals surface area contributed by atoms with E-state index < -0.39 is 22.2 Å². The second-order valence-electron chi connectivity index (χ2n) is 9.36. The number of hydrogen-bond acceptors (Lipinski definition) is 2. The molecule has 31 heavy (non-hydrogen) atoms. The number of hydrogen-bond donors (Lipinski definition) is 0. The van der Waals surface area contributed by atoms with Crippen LogP contribution >= 0.6 is 16.9 Å². The zero-order valence-corrected chi connectivity index (χ0v) is 25.2. The summed E-state index contributed by atoms with van der Waals surface area (Å²) in [5.74, 6) is 1.02. The Morgan fingerprint density at radius 3 is 2.42 bits per heavy atom. The van der Waals surface area contributed by atoms with Gasteiger partial charge in [-0.3, -0.25) is 0 Å². The third kappa shape index (κ3) is 5.12. The maximum atomic E-state index is 7.19. The first kappa shape index (κ1) is 23.1. The van der Waals surface area contributed by atoms with Gasteiger partial charge in [0.05, 0.1) is 0 Å². The Labute approximate surface area is 201 Å². The molecule has 0 fully saturated rings. The Bertz CT molecular complexity index is 1070. The standard InChI is InChI=1S/C26H31NOP.ClH.Tl/c1-18-15-21(26(3,4)5)16-23(25(18)28)19(2)29-24-14-10-9-11-20(24)17-27-22-12-7-6-8-13-22;;/h6-16,19,28-29H,17H2,1-5H3;1H;/q-1;;+3/p-2. The Hall–Kier alpha value is -1.10. The van der Waals surface area contributed by atoms with Crippen molar-refractivity contribution in [2.75, 3.05) is 2.71 Å². The minimum atomic E-state index is -3.25. The molecule has 0 bridgehead atoms. The van der Waals surface area contributed by atoms with Crippen LogP contribution in [-0.4, -0.2) is 22.2 Å². The summed E-state index contributed by atoms with van der Waals surface area (Å²) in [6.45, 7) is 12.1. The number of fused-ring (bicyclic) bond motifs is 2. The van der Waals surface area contributed by atoms with Crippen LogP contribution in [0.2, 0.25) is 0 Å². The van der Waals surface area contributed by atoms with E-state index in [9.17, 15) is 0 Å². The third-order valence-corrected chi connectivity index (χ3v) is 15.8. The van der Waals surface area contributed by atoms with E-state index in [1.165, 1.54) is 27.6 Å². The second kappa shape index (κ2) is 9.41. The number of rotatable bonds is 1. The number of anilines is 1. The van der Waals surface area contributed by atoms with E-state index in [0.717, 1.165) is 18.0 Å². The van der Waals surface area contributed by atoms with Crippen LogP contribution in [0.3, 0.4) is 0 Å². The quantitative estimate of drug-likeness (QED) is 0.210. The number of halogens is 1. The van der Waals surface area contributed by atoms with E-state index in [2.05, 4.69) is 104 Å². The maximum absolute atomic E-state index is 7.19. The molecule has 4 rings (SSSR count). The van der Waals surface area contributed by atoms with Crippen LogP contribution < -0.4 is 10.7 Å². The van der Waals surface area contributed by atoms with Crippen molar-refractivity contribution in [3.8, 4) is 5.75 Å². The molecule has 1 aliphatic heterocycles. The molecule has 2 unspecified atom stereocenters. The minimum absolute atomic E-state index is 0.0938. The molecule has 0 saturated heterocycles. The summed E-state index contributed by atoms with van der Waals surface area (Å²) < 4.78 is 9.10. The average Bonchev–Trinajstić information content (AvgIpc) is 2.73. The molecule has 1 heterocycles. The molecule has 0 spiro atoms. The van der Waals surface area contributed by atoms with Crippen LogP contribution in [0.15, 0.2) is 66.7 Å². The Morgan fingerprint density at radius 1 is 1.03 bits per heavy atom. The fourth-order valence-electron chi connectivity index (χ4n) is 4.07. The van der Waals surface area contributed by atoms with Crippen molar-refractivity contribution in [1.82, 2.24) is 0 Å². The van der Waals surface area contributed by atoms with Crippen molar-refractivity contribution in [3.63, 3.8) is 0 Å². The summed E-state index contributed by atoms with van der Waals surface area (Å²) in [4.78, 5) is 0. The molecule has 5 heteroatoms. The first-order valence-corrected chi connectivity index (χ1v) is 21.3. The summed E-state index contributed by atoms with van der Waals surface area (Å²) in [7, 11) is 7.88. The van der Waals surface area contributed by atoms with Gasteiger partial charge in [0.1, 0.15) is 0 Å². The van der Waals surface area contributed by atoms with Gasteiger partial charge in [-0.25, -0.2) is 0 Å². The Kier molecular flexibility index (Phi) is 7.00. The van der Waals surface area contributed by atoms with Gasteiger partial charge in [0.2, 0.25) is 0 Å². The van der Waals surface area contributed by atoms with E-state index in [4.69, 9.17) is 11.0 Å². The second-order valence-corrected chi connectivity index (χ2v) is 19.9. The van der Waals surface area contributed by atoms with E-state index in [1.54, 1.807) is 0 Å². The predicted molar refractivity (Wildman–Crippen MR) is 138 cm³/mol. The SMILES string of the molecule is Cc1cc(C(C)(C)C)cc2c1[O][Tl]([Cl])[N](c1ccccc1)Cc1ccccc1PC2C. The van der Waals surface area contributed by atoms with Crippen molar-refractivity contribution >= 4 is 50.1 Å². The Morgan fingerprint density at radius 2 is 1.71 bits per heavy atom. The molecule has 160 valence electrons. The predicted octanol–water partition coefficient (Wildman–Crippen LogP) is 6.98. The first-order valence-electron chi connectivity index (χ1n) is 10.9. The fraction of sp³-hybridized carbons (Fsp3) is 0.308. The first-order chi connectivity index (χ1) is 14.7. The van der Waals surface area contributed by atoms with Crippen molar-refractivity contribution in [2.24, 2.45) is 0 Å². The van der Waals surface area contributed by atoms with Gasteiger partial charge in [-0.05, 0) is 0 Å². The van der Waals surface area contributed by atoms with Gasteiger partial charge in [-0.1, -0.05) is 0 Å². The zero-order chi connectivity index (χ0) is 22.2. The summed E-state index contributed by atoms with van der Waals surface area (Å²) in [6, 6.07) is 24.0. The summed E-state index contributed by atoms with van der Waals surface area (Å²) in [6.07, 6.45) is 0. The van der Waals surface area contributed by atoms with E-state index in [1.807, 2.05) is 0 Å². The molecule has 3 aromatic carbocycles. The van der Waals surface area contributed by atoms with Gasteiger partial charge >= 0.3 is 202 Å². The van der Waals surface area contributed by atoms with E-state index in [-0.39, 0.29) is 5.41 Å². The van der Waals surface area contributed by atoms with Crippen LogP contribution in [0.25, 0.3) is 0 Å². The molecule has 1 aliphatic rings. The monoisotopic (exact) mass is 643 g/mol. The van der Waals surface area contributed by atoms with Crippen LogP contribution in [0.4, 0.5) is 5.69 Å². The molecular formula is C26H30ClNOPTl. The molecule has 2 atom stereocenters. The molecule has 0 amide bonds. The average molecular weight is 643 g/mol. The van der Waals surface area contributed by atoms with Crippen molar-refractivity contribution < 1.29 is 2.69 Å². The zero-order valence-electron chi connectivity index (χ0n) is 18.9. The molecule has 2 nitrogen and oxygen atoms in total. The number of benzene rings is 3. The normalized spacial score (nSPS) is 17.7. The van der Waals surface area contributed by atoms with Gasteiger partial charge in [0, 0.05) is 0 Å². The molecule has 0 radical (unpaired) electrons. The van der Waals surface area contributed by atoms with E-state index >= 15 is 0 Å². The third-order valence-electron chi connectivity index (χ3n) is 5.91. The van der Waals surface area contributed by atoms with Crippen LogP contribution in [0.5, 0.6) is 5.75 Å². The van der Waals surface area contributed by atoms with Crippen molar-refractivity contribution in [2.45, 2.75) is 52.2 Å². The molecule has 0 aromatic heterocycles. The van der Waals surface area contributed by atoms with E-state index in [0.29, 0.717) is 14.2 Å². The van der Waals surface area contributed by atoms with Gasteiger partial charge < -0.3 is 0 Å². The summed E-state index contributed by atoms with van der Waals surface area (Å²) >= 11 is -3.25. The van der Waals surface area contributed by atoms with Gasteiger partial charge in [0.15, 0.2) is 0 Å². The molecule has 0 saturated carbocycles. The van der Waals surface area contributed by atoms with Crippen LogP contribution in [-0.2, 0) is 12.0 Å². The van der Waals surface area contributed by atoms with Gasteiger partial charge in [-0.15, -0.1) is 0 Å². The summed E-state index contributed by atoms with van der Waals surface area (Å²) in [5.41, 5.74) is 6.86. The molecule has 3 aromatic rings. The fourth-order valence-corrected chi connectivity index (χ4v) is 13.2. The van der Waals surface area contributed by atoms with Crippen molar-refractivity contribution in [1.29, 1.82) is 0 Å². The molecule has 0 aliphatic carbocycles. The van der Waals surface area contributed by atoms with Crippen LogP contribution in [0.1, 0.15) is 55.6 Å². The van der Waals surface area contributed by atoms with Gasteiger partial charge in [-0.2, -0.15) is 0 Å². The van der Waals surface area contributed by atoms with Crippen molar-refractivity contribution in [3.05, 3.63) is 89.0 Å². The van der Waals surface area contributed by atoms with Crippen LogP contribution in [0, 0.1) is 6.92 Å². The molecular weight excluding hydrogens is 613 g/mol. The number of aryl methyl sites for hydroxylation is 1. The molecule has 0 N–H and O–H groups in total. The van der Waals surface area contributed by atoms with Gasteiger partial charge in [0.25, 0.3) is 0 Å². The Balaban J connectivity index is 1.87.